The van der Waals surface area contributed by atoms with Crippen molar-refractivity contribution in [2.24, 2.45) is 5.73 Å². The molecule has 106 valence electrons. The van der Waals surface area contributed by atoms with Crippen LogP contribution in [0.25, 0.3) is 0 Å². The van der Waals surface area contributed by atoms with Crippen LogP contribution in [0.5, 0.6) is 0 Å². The Morgan fingerprint density at radius 2 is 2.37 bits per heavy atom. The maximum absolute atomic E-state index is 11.6. The van der Waals surface area contributed by atoms with Crippen LogP contribution in [0, 0.1) is 0 Å². The van der Waals surface area contributed by atoms with Gasteiger partial charge in [-0.05, 0) is 19.9 Å². The third kappa shape index (κ3) is 3.13. The maximum atomic E-state index is 11.6. The van der Waals surface area contributed by atoms with Crippen LogP contribution in [-0.2, 0) is 17.9 Å². The molecule has 0 fully saturated rings. The number of nitrogens with two attached hydrogens (primary N) is 1. The van der Waals surface area contributed by atoms with Crippen LogP contribution >= 0.6 is 0 Å². The molecule has 1 aliphatic heterocycles. The van der Waals surface area contributed by atoms with Gasteiger partial charge < -0.3 is 15.6 Å². The number of fused-ring (bicyclic) bond motifs is 1. The molecule has 1 aliphatic rings. The van der Waals surface area contributed by atoms with Crippen molar-refractivity contribution in [1.82, 2.24) is 19.8 Å². The highest BCUT2D eigenvalue weighted by molar-refractivity contribution is 5.84. The Bertz CT molecular complexity index is 444. The molecule has 0 spiro atoms. The van der Waals surface area contributed by atoms with E-state index in [1.807, 2.05) is 26.2 Å². The first-order valence-electron chi connectivity index (χ1n) is 6.82. The van der Waals surface area contributed by atoms with E-state index in [9.17, 15) is 4.79 Å². The molecule has 0 aliphatic carbocycles. The van der Waals surface area contributed by atoms with Gasteiger partial charge in [0.15, 0.2) is 0 Å². The fourth-order valence-corrected chi connectivity index (χ4v) is 2.48. The summed E-state index contributed by atoms with van der Waals surface area (Å²) in [7, 11) is 0. The van der Waals surface area contributed by atoms with Crippen LogP contribution in [0.2, 0.25) is 0 Å². The average molecular weight is 265 g/mol. The lowest BCUT2D eigenvalue weighted by molar-refractivity contribution is -0.124. The van der Waals surface area contributed by atoms with Gasteiger partial charge in [0.1, 0.15) is 5.82 Å². The first-order valence-corrected chi connectivity index (χ1v) is 6.82. The Kier molecular flexibility index (Phi) is 4.21. The zero-order chi connectivity index (χ0) is 13.9. The second-order valence-electron chi connectivity index (χ2n) is 5.29. The van der Waals surface area contributed by atoms with Crippen molar-refractivity contribution in [3.05, 3.63) is 18.2 Å². The molecule has 6 heteroatoms. The zero-order valence-corrected chi connectivity index (χ0v) is 11.7. The number of carbonyl (C=O) groups is 1. The van der Waals surface area contributed by atoms with Crippen LogP contribution in [0.1, 0.15) is 26.1 Å². The molecule has 19 heavy (non-hydrogen) atoms. The number of aromatic nitrogens is 2. The molecule has 2 rings (SSSR count). The lowest BCUT2D eigenvalue weighted by atomic mass is 9.96. The Hall–Kier alpha value is -1.40. The smallest absolute Gasteiger partial charge is 0.237 e. The number of carbonyl (C=O) groups excluding carboxylic acids is 1. The minimum absolute atomic E-state index is 0.284. The molecule has 1 amide bonds. The summed E-state index contributed by atoms with van der Waals surface area (Å²) in [5.41, 5.74) is 4.87. The molecule has 0 saturated heterocycles. The van der Waals surface area contributed by atoms with Gasteiger partial charge in [0.25, 0.3) is 0 Å². The predicted octanol–water partition coefficient (Wildman–Crippen LogP) is -0.0577. The minimum atomic E-state index is -0.623. The van der Waals surface area contributed by atoms with Crippen LogP contribution in [0.4, 0.5) is 0 Å². The third-order valence-electron chi connectivity index (χ3n) is 3.86. The van der Waals surface area contributed by atoms with Crippen molar-refractivity contribution in [3.8, 4) is 0 Å². The number of likely N-dealkylation sites (N-methyl/N-ethyl adjacent to an activating group) is 1. The van der Waals surface area contributed by atoms with E-state index in [0.717, 1.165) is 45.0 Å². The Morgan fingerprint density at radius 1 is 1.58 bits per heavy atom. The number of amides is 1. The van der Waals surface area contributed by atoms with E-state index in [1.165, 1.54) is 0 Å². The van der Waals surface area contributed by atoms with Crippen molar-refractivity contribution < 1.29 is 4.79 Å². The van der Waals surface area contributed by atoms with Gasteiger partial charge in [0, 0.05) is 32.0 Å². The molecular formula is C13H23N5O. The number of hydrogen-bond acceptors (Lipinski definition) is 4. The van der Waals surface area contributed by atoms with Crippen LogP contribution in [0.3, 0.4) is 0 Å². The van der Waals surface area contributed by atoms with E-state index in [-0.39, 0.29) is 5.91 Å². The van der Waals surface area contributed by atoms with Crippen molar-refractivity contribution in [1.29, 1.82) is 0 Å². The Balaban J connectivity index is 1.90. The van der Waals surface area contributed by atoms with Gasteiger partial charge in [-0.1, -0.05) is 6.92 Å². The Morgan fingerprint density at radius 3 is 3.05 bits per heavy atom. The fourth-order valence-electron chi connectivity index (χ4n) is 2.48. The summed E-state index contributed by atoms with van der Waals surface area (Å²) in [5.74, 6) is 0.809. The highest BCUT2D eigenvalue weighted by Gasteiger charge is 2.30. The highest BCUT2D eigenvalue weighted by Crippen LogP contribution is 2.14. The van der Waals surface area contributed by atoms with Crippen molar-refractivity contribution >= 4 is 5.91 Å². The normalized spacial score (nSPS) is 18.8. The lowest BCUT2D eigenvalue weighted by Gasteiger charge is -2.32. The van der Waals surface area contributed by atoms with Crippen LogP contribution in [0.15, 0.2) is 12.4 Å². The minimum Gasteiger partial charge on any atom is -0.368 e. The summed E-state index contributed by atoms with van der Waals surface area (Å²) in [6.45, 7) is 8.24. The van der Waals surface area contributed by atoms with Gasteiger partial charge in [0.2, 0.25) is 5.91 Å². The van der Waals surface area contributed by atoms with Crippen LogP contribution < -0.4 is 11.1 Å². The van der Waals surface area contributed by atoms with Crippen molar-refractivity contribution in [2.75, 3.05) is 19.6 Å². The number of imidazole rings is 1. The predicted molar refractivity (Wildman–Crippen MR) is 73.4 cm³/mol. The van der Waals surface area contributed by atoms with Gasteiger partial charge in [-0.25, -0.2) is 4.98 Å². The van der Waals surface area contributed by atoms with E-state index in [1.54, 1.807) is 0 Å². The average Bonchev–Trinajstić information content (AvgIpc) is 2.84. The third-order valence-corrected chi connectivity index (χ3v) is 3.86. The molecule has 1 atom stereocenters. The van der Waals surface area contributed by atoms with Gasteiger partial charge in [-0.15, -0.1) is 0 Å². The maximum Gasteiger partial charge on any atom is 0.237 e. The summed E-state index contributed by atoms with van der Waals surface area (Å²) >= 11 is 0. The Labute approximate surface area is 114 Å². The summed E-state index contributed by atoms with van der Waals surface area (Å²) in [6.07, 6.45) is 4.57. The molecular weight excluding hydrogens is 242 g/mol. The molecule has 3 N–H and O–H groups in total. The number of nitrogens with one attached hydrogen (secondary N) is 1. The summed E-state index contributed by atoms with van der Waals surface area (Å²) < 4.78 is 2.17. The summed E-state index contributed by atoms with van der Waals surface area (Å²) in [4.78, 5) is 18.2. The highest BCUT2D eigenvalue weighted by atomic mass is 16.1. The quantitative estimate of drug-likeness (QED) is 0.755. The molecule has 6 nitrogen and oxygen atoms in total. The first kappa shape index (κ1) is 14.0. The van der Waals surface area contributed by atoms with Gasteiger partial charge in [-0.2, -0.15) is 0 Å². The van der Waals surface area contributed by atoms with Crippen LogP contribution in [-0.4, -0.2) is 45.5 Å². The topological polar surface area (TPSA) is 76.2 Å². The number of nitrogens with zero attached hydrogens (tertiary/aromatic N) is 3. The first-order chi connectivity index (χ1) is 9.05. The molecule has 2 heterocycles. The van der Waals surface area contributed by atoms with E-state index in [4.69, 9.17) is 5.73 Å². The molecule has 0 bridgehead atoms. The molecule has 1 aromatic heterocycles. The molecule has 0 aromatic carbocycles. The molecule has 1 unspecified atom stereocenters. The molecule has 1 aromatic rings. The number of primary amides is 1. The monoisotopic (exact) mass is 265 g/mol. The number of rotatable bonds is 6. The second-order valence-corrected chi connectivity index (χ2v) is 5.29. The largest absolute Gasteiger partial charge is 0.368 e. The van der Waals surface area contributed by atoms with Gasteiger partial charge in [-0.3, -0.25) is 9.69 Å². The summed E-state index contributed by atoms with van der Waals surface area (Å²) in [6, 6.07) is 0. The zero-order valence-electron chi connectivity index (χ0n) is 11.7. The standard InChI is InChI=1S/C13H23N5O/c1-3-16-13(2,12(14)19)4-6-17-8-9-18-7-5-15-11(18)10-17/h5,7,16H,3-4,6,8-10H2,1-2H3,(H2,14,19). The fraction of sp³-hybridized carbons (Fsp3) is 0.692. The van der Waals surface area contributed by atoms with E-state index < -0.39 is 5.54 Å². The summed E-state index contributed by atoms with van der Waals surface area (Å²) in [5, 5.41) is 3.19. The molecule has 0 radical (unpaired) electrons. The van der Waals surface area contributed by atoms with E-state index in [2.05, 4.69) is 19.8 Å². The SMILES string of the molecule is CCNC(C)(CCN1CCn2ccnc2C1)C(N)=O. The number of hydrogen-bond donors (Lipinski definition) is 2. The van der Waals surface area contributed by atoms with Crippen molar-refractivity contribution in [2.45, 2.75) is 38.9 Å². The lowest BCUT2D eigenvalue weighted by Crippen LogP contribution is -2.54. The van der Waals surface area contributed by atoms with E-state index in [0.29, 0.717) is 0 Å². The van der Waals surface area contributed by atoms with Crippen molar-refractivity contribution in [3.63, 3.8) is 0 Å². The van der Waals surface area contributed by atoms with Gasteiger partial charge >= 0.3 is 0 Å². The van der Waals surface area contributed by atoms with Gasteiger partial charge in [0.05, 0.1) is 12.1 Å². The molecule has 0 saturated carbocycles. The van der Waals surface area contributed by atoms with E-state index >= 15 is 0 Å². The second kappa shape index (κ2) is 5.71.